The molecule has 0 radical (unpaired) electrons. The number of rotatable bonds is 10. The molecule has 35 heavy (non-hydrogen) atoms. The van der Waals surface area contributed by atoms with Crippen LogP contribution in [0.25, 0.3) is 10.4 Å². The largest absolute Gasteiger partial charge is 0.392 e. The van der Waals surface area contributed by atoms with Crippen molar-refractivity contribution in [3.8, 4) is 0 Å². The fraction of sp³-hybridized carbons (Fsp3) is 0.538. The molecular formula is C26H37N3O5Si. The number of aliphatic hydroxyl groups excluding tert-OH is 1. The van der Waals surface area contributed by atoms with Gasteiger partial charge in [0.25, 0.3) is 0 Å². The van der Waals surface area contributed by atoms with Gasteiger partial charge in [-0.25, -0.2) is 0 Å². The Morgan fingerprint density at radius 2 is 1.57 bits per heavy atom. The Balaban J connectivity index is 1.81. The predicted octanol–water partition coefficient (Wildman–Crippen LogP) is 5.58. The minimum Gasteiger partial charge on any atom is -0.392 e. The van der Waals surface area contributed by atoms with Gasteiger partial charge in [0, 0.05) is 4.91 Å². The summed E-state index contributed by atoms with van der Waals surface area (Å²) in [5.41, 5.74) is 11.3. The lowest BCUT2D eigenvalue weighted by molar-refractivity contribution is -0.256. The summed E-state index contributed by atoms with van der Waals surface area (Å²) in [5.74, 6) is 0. The molecule has 1 N–H and O–H groups in total. The van der Waals surface area contributed by atoms with Crippen LogP contribution in [-0.4, -0.2) is 50.7 Å². The van der Waals surface area contributed by atoms with Gasteiger partial charge in [-0.2, -0.15) is 0 Å². The normalized spacial score (nSPS) is 25.1. The number of hydrogen-bond acceptors (Lipinski definition) is 6. The number of aliphatic hydroxyl groups is 1. The summed E-state index contributed by atoms with van der Waals surface area (Å²) in [5, 5.41) is 15.1. The van der Waals surface area contributed by atoms with E-state index < -0.39 is 39.0 Å². The SMILES string of the molecule is CC(C)(C)[Si](C)(C)O[C@H]1O[C@H](COCc2ccccc2)[C@@H](O)[C@H](OCc2ccccc2)[C@H]1N=[N+]=[N-]. The molecule has 5 atom stereocenters. The third-order valence-corrected chi connectivity index (χ3v) is 11.2. The van der Waals surface area contributed by atoms with Crippen LogP contribution in [-0.2, 0) is 31.9 Å². The second-order valence-corrected chi connectivity index (χ2v) is 15.1. The summed E-state index contributed by atoms with van der Waals surface area (Å²) < 4.78 is 24.8. The first-order valence-electron chi connectivity index (χ1n) is 11.9. The van der Waals surface area contributed by atoms with E-state index in [-0.39, 0.29) is 18.3 Å². The molecule has 9 heteroatoms. The van der Waals surface area contributed by atoms with Gasteiger partial charge >= 0.3 is 0 Å². The molecule has 0 aliphatic carbocycles. The molecule has 190 valence electrons. The quantitative estimate of drug-likeness (QED) is 0.199. The summed E-state index contributed by atoms with van der Waals surface area (Å²) in [6, 6.07) is 18.6. The maximum absolute atomic E-state index is 11.2. The summed E-state index contributed by atoms with van der Waals surface area (Å²) in [6.45, 7) is 11.4. The van der Waals surface area contributed by atoms with Crippen molar-refractivity contribution in [2.24, 2.45) is 5.11 Å². The van der Waals surface area contributed by atoms with E-state index in [0.29, 0.717) is 6.61 Å². The van der Waals surface area contributed by atoms with E-state index >= 15 is 0 Å². The molecule has 1 fully saturated rings. The Hall–Kier alpha value is -2.23. The lowest BCUT2D eigenvalue weighted by atomic mass is 9.97. The smallest absolute Gasteiger partial charge is 0.195 e. The average Bonchev–Trinajstić information content (AvgIpc) is 2.82. The zero-order chi connectivity index (χ0) is 25.5. The van der Waals surface area contributed by atoms with Crippen molar-refractivity contribution in [1.82, 2.24) is 0 Å². The van der Waals surface area contributed by atoms with Crippen LogP contribution >= 0.6 is 0 Å². The maximum atomic E-state index is 11.2. The Labute approximate surface area is 208 Å². The molecule has 8 nitrogen and oxygen atoms in total. The number of hydrogen-bond donors (Lipinski definition) is 1. The number of azide groups is 1. The molecule has 0 amide bonds. The highest BCUT2D eigenvalue weighted by molar-refractivity contribution is 6.74. The molecule has 1 saturated heterocycles. The number of nitrogens with zero attached hydrogens (tertiary/aromatic N) is 3. The minimum atomic E-state index is -2.30. The van der Waals surface area contributed by atoms with Crippen LogP contribution in [0.4, 0.5) is 0 Å². The van der Waals surface area contributed by atoms with Gasteiger partial charge in [0.05, 0.1) is 25.9 Å². The number of ether oxygens (including phenoxy) is 3. The van der Waals surface area contributed by atoms with Gasteiger partial charge in [-0.05, 0) is 34.8 Å². The molecule has 1 aliphatic heterocycles. The first-order valence-corrected chi connectivity index (χ1v) is 14.9. The van der Waals surface area contributed by atoms with Gasteiger partial charge in [0.2, 0.25) is 0 Å². The van der Waals surface area contributed by atoms with Crippen molar-refractivity contribution >= 4 is 8.32 Å². The van der Waals surface area contributed by atoms with Crippen LogP contribution in [0.1, 0.15) is 31.9 Å². The molecule has 0 unspecified atom stereocenters. The number of benzene rings is 2. The first kappa shape index (κ1) is 27.4. The lowest BCUT2D eigenvalue weighted by Crippen LogP contribution is -2.62. The second-order valence-electron chi connectivity index (χ2n) is 10.4. The molecule has 2 aromatic carbocycles. The van der Waals surface area contributed by atoms with E-state index in [4.69, 9.17) is 18.6 Å². The average molecular weight is 500 g/mol. The standard InChI is InChI=1S/C26H37N3O5Si/c1-26(2,3)35(4,5)34-25-22(28-29-27)24(32-17-20-14-10-7-11-15-20)23(30)21(33-25)18-31-16-19-12-8-6-9-13-19/h6-15,21-25,30H,16-18H2,1-5H3/t21-,22-,23-,24-,25-/m1/s1. The molecule has 1 heterocycles. The molecule has 3 rings (SSSR count). The van der Waals surface area contributed by atoms with Crippen LogP contribution in [0, 0.1) is 0 Å². The van der Waals surface area contributed by atoms with Gasteiger partial charge in [0.15, 0.2) is 14.6 Å². The van der Waals surface area contributed by atoms with Crippen LogP contribution in [0.15, 0.2) is 65.8 Å². The third-order valence-electron chi connectivity index (χ3n) is 6.72. The maximum Gasteiger partial charge on any atom is 0.195 e. The second kappa shape index (κ2) is 12.1. The molecule has 0 saturated carbocycles. The zero-order valence-corrected chi connectivity index (χ0v) is 22.2. The Bertz CT molecular complexity index is 964. The first-order chi connectivity index (χ1) is 16.6. The van der Waals surface area contributed by atoms with Crippen LogP contribution < -0.4 is 0 Å². The van der Waals surface area contributed by atoms with Crippen LogP contribution in [0.2, 0.25) is 18.1 Å². The Kier molecular flexibility index (Phi) is 9.49. The van der Waals surface area contributed by atoms with E-state index in [1.54, 1.807) is 0 Å². The lowest BCUT2D eigenvalue weighted by Gasteiger charge is -2.47. The van der Waals surface area contributed by atoms with Crippen molar-refractivity contribution in [3.63, 3.8) is 0 Å². The van der Waals surface area contributed by atoms with Gasteiger partial charge in [-0.1, -0.05) is 86.5 Å². The topological polar surface area (TPSA) is 106 Å². The molecule has 0 spiro atoms. The summed E-state index contributed by atoms with van der Waals surface area (Å²) in [7, 11) is -2.30. The van der Waals surface area contributed by atoms with Crippen molar-refractivity contribution in [3.05, 3.63) is 82.2 Å². The molecule has 0 bridgehead atoms. The third kappa shape index (κ3) is 7.38. The summed E-state index contributed by atoms with van der Waals surface area (Å²) in [6.07, 6.45) is -3.45. The van der Waals surface area contributed by atoms with Gasteiger partial charge in [0.1, 0.15) is 18.2 Å². The fourth-order valence-corrected chi connectivity index (χ4v) is 4.74. The molecule has 2 aromatic rings. The van der Waals surface area contributed by atoms with Gasteiger partial charge in [-0.3, -0.25) is 0 Å². The zero-order valence-electron chi connectivity index (χ0n) is 21.2. The van der Waals surface area contributed by atoms with Gasteiger partial charge in [-0.15, -0.1) is 0 Å². The fourth-order valence-electron chi connectivity index (χ4n) is 3.62. The Morgan fingerprint density at radius 3 is 2.11 bits per heavy atom. The molecule has 1 aliphatic rings. The van der Waals surface area contributed by atoms with Gasteiger partial charge < -0.3 is 23.7 Å². The van der Waals surface area contributed by atoms with Crippen LogP contribution in [0.3, 0.4) is 0 Å². The summed E-state index contributed by atoms with van der Waals surface area (Å²) >= 11 is 0. The summed E-state index contributed by atoms with van der Waals surface area (Å²) in [4.78, 5) is 3.03. The van der Waals surface area contributed by atoms with Crippen LogP contribution in [0.5, 0.6) is 0 Å². The van der Waals surface area contributed by atoms with Crippen molar-refractivity contribution < 1.29 is 23.7 Å². The van der Waals surface area contributed by atoms with E-state index in [1.807, 2.05) is 60.7 Å². The van der Waals surface area contributed by atoms with E-state index in [2.05, 4.69) is 43.9 Å². The predicted molar refractivity (Wildman–Crippen MR) is 137 cm³/mol. The van der Waals surface area contributed by atoms with E-state index in [1.165, 1.54) is 0 Å². The Morgan fingerprint density at radius 1 is 1.00 bits per heavy atom. The molecular weight excluding hydrogens is 462 g/mol. The van der Waals surface area contributed by atoms with E-state index in [0.717, 1.165) is 11.1 Å². The minimum absolute atomic E-state index is 0.0902. The molecule has 0 aromatic heterocycles. The van der Waals surface area contributed by atoms with Crippen molar-refractivity contribution in [2.75, 3.05) is 6.61 Å². The van der Waals surface area contributed by atoms with Crippen molar-refractivity contribution in [2.45, 2.75) is 82.8 Å². The highest BCUT2D eigenvalue weighted by Gasteiger charge is 2.50. The van der Waals surface area contributed by atoms with E-state index in [9.17, 15) is 10.6 Å². The highest BCUT2D eigenvalue weighted by Crippen LogP contribution is 2.40. The monoisotopic (exact) mass is 499 g/mol. The van der Waals surface area contributed by atoms with Crippen molar-refractivity contribution in [1.29, 1.82) is 0 Å². The highest BCUT2D eigenvalue weighted by atomic mass is 28.4.